The lowest BCUT2D eigenvalue weighted by atomic mass is 9.74. The van der Waals surface area contributed by atoms with Crippen molar-refractivity contribution in [1.29, 1.82) is 0 Å². The summed E-state index contributed by atoms with van der Waals surface area (Å²) in [5, 5.41) is 3.45. The van der Waals surface area contributed by atoms with Crippen molar-refractivity contribution in [1.82, 2.24) is 5.32 Å². The van der Waals surface area contributed by atoms with Crippen molar-refractivity contribution in [3.63, 3.8) is 0 Å². The van der Waals surface area contributed by atoms with Crippen LogP contribution in [0.4, 0.5) is 13.2 Å². The topological polar surface area (TPSA) is 53.8 Å². The molecule has 2 aliphatic carbocycles. The van der Waals surface area contributed by atoms with Gasteiger partial charge in [0, 0.05) is 10.2 Å². The van der Waals surface area contributed by atoms with Gasteiger partial charge in [0.1, 0.15) is 11.3 Å². The molecule has 2 aliphatic heterocycles. The fraction of sp³-hybridized carbons (Fsp3) is 0.393. The lowest BCUT2D eigenvalue weighted by Crippen LogP contribution is -2.49. The predicted octanol–water partition coefficient (Wildman–Crippen LogP) is 5.48. The van der Waals surface area contributed by atoms with Gasteiger partial charge in [-0.15, -0.1) is 11.8 Å². The molecule has 4 unspecified atom stereocenters. The Hall–Kier alpha value is -2.87. The Bertz CT molecular complexity index is 1390. The number of rotatable bonds is 3. The minimum atomic E-state index is -1.51. The van der Waals surface area contributed by atoms with Crippen LogP contribution >= 0.6 is 11.8 Å². The molecule has 1 amide bonds. The molecule has 36 heavy (non-hydrogen) atoms. The number of amides is 1. The summed E-state index contributed by atoms with van der Waals surface area (Å²) in [4.78, 5) is 24.4. The van der Waals surface area contributed by atoms with E-state index in [1.165, 1.54) is 19.4 Å². The first-order valence-electron chi connectivity index (χ1n) is 12.2. The minimum Gasteiger partial charge on any atom is -0.309 e. The van der Waals surface area contributed by atoms with Crippen LogP contribution in [0, 0.1) is 37.2 Å². The molecule has 0 aromatic heterocycles. The van der Waals surface area contributed by atoms with Crippen molar-refractivity contribution in [3.05, 3.63) is 80.5 Å². The van der Waals surface area contributed by atoms with Gasteiger partial charge in [0.25, 0.3) is 0 Å². The molecule has 186 valence electrons. The summed E-state index contributed by atoms with van der Waals surface area (Å²) in [6.07, 6.45) is 4.75. The number of hydrogen-bond acceptors (Lipinski definition) is 4. The zero-order valence-electron chi connectivity index (χ0n) is 20.3. The van der Waals surface area contributed by atoms with Crippen LogP contribution in [0.5, 0.6) is 0 Å². The van der Waals surface area contributed by atoms with Crippen LogP contribution in [0.25, 0.3) is 0 Å². The van der Waals surface area contributed by atoms with Crippen LogP contribution in [0.2, 0.25) is 0 Å². The van der Waals surface area contributed by atoms with Crippen LogP contribution in [0.15, 0.2) is 45.2 Å². The Morgan fingerprint density at radius 3 is 2.56 bits per heavy atom. The SMILES string of the molecule is Cc1c(F)c(F)c(F)c(C)c1CC(=O)NC1=NC2CCc3ccccc3C2(C)N=C1C1=CC2CC2S1. The lowest BCUT2D eigenvalue weighted by Gasteiger charge is -2.41. The normalized spacial score (nSPS) is 27.8. The quantitative estimate of drug-likeness (QED) is 0.557. The summed E-state index contributed by atoms with van der Waals surface area (Å²) in [6, 6.07) is 8.17. The van der Waals surface area contributed by atoms with Crippen LogP contribution < -0.4 is 5.32 Å². The van der Waals surface area contributed by atoms with Gasteiger partial charge in [-0.25, -0.2) is 13.2 Å². The van der Waals surface area contributed by atoms with Gasteiger partial charge in [-0.3, -0.25) is 14.8 Å². The maximum absolute atomic E-state index is 14.2. The van der Waals surface area contributed by atoms with Crippen molar-refractivity contribution in [3.8, 4) is 0 Å². The van der Waals surface area contributed by atoms with E-state index in [9.17, 15) is 18.0 Å². The zero-order chi connectivity index (χ0) is 25.4. The van der Waals surface area contributed by atoms with Crippen LogP contribution in [0.1, 0.15) is 47.6 Å². The van der Waals surface area contributed by atoms with E-state index in [0.717, 1.165) is 29.7 Å². The standard InChI is InChI=1S/C28H26F3N3OS/c1-13-17(14(2)24(30)25(31)23(13)29)12-22(35)33-27-26(20-11-16-10-19(16)36-20)34-28(3)18-7-5-4-6-15(18)8-9-21(28)32-27/h4-7,11,16,19,21H,8-10,12H2,1-3H3,(H,32,33,35). The lowest BCUT2D eigenvalue weighted by molar-refractivity contribution is -0.119. The zero-order valence-corrected chi connectivity index (χ0v) is 21.1. The predicted molar refractivity (Wildman–Crippen MR) is 136 cm³/mol. The Morgan fingerprint density at radius 2 is 1.86 bits per heavy atom. The maximum atomic E-state index is 14.2. The number of halogens is 3. The molecule has 1 saturated carbocycles. The second-order valence-electron chi connectivity index (χ2n) is 10.3. The number of hydrogen-bond donors (Lipinski definition) is 1. The number of nitrogens with zero attached hydrogens (tertiary/aromatic N) is 2. The van der Waals surface area contributed by atoms with Gasteiger partial charge in [0.2, 0.25) is 5.91 Å². The third kappa shape index (κ3) is 3.64. The fourth-order valence-electron chi connectivity index (χ4n) is 5.68. The number of thioether (sulfide) groups is 1. The molecule has 8 heteroatoms. The van der Waals surface area contributed by atoms with Gasteiger partial charge in [-0.05, 0) is 73.8 Å². The summed E-state index contributed by atoms with van der Waals surface area (Å²) < 4.78 is 42.2. The Balaban J connectivity index is 1.34. The van der Waals surface area contributed by atoms with Gasteiger partial charge < -0.3 is 5.32 Å². The Labute approximate surface area is 212 Å². The van der Waals surface area contributed by atoms with E-state index in [2.05, 4.69) is 30.4 Å². The number of allylic oxidation sites excluding steroid dienone is 1. The highest BCUT2D eigenvalue weighted by Crippen LogP contribution is 2.54. The highest BCUT2D eigenvalue weighted by atomic mass is 32.2. The molecule has 4 nitrogen and oxygen atoms in total. The largest absolute Gasteiger partial charge is 0.309 e. The molecule has 2 aromatic rings. The monoisotopic (exact) mass is 509 g/mol. The first-order valence-corrected chi connectivity index (χ1v) is 13.1. The molecule has 1 fully saturated rings. The van der Waals surface area contributed by atoms with E-state index in [-0.39, 0.29) is 29.2 Å². The van der Waals surface area contributed by atoms with Crippen molar-refractivity contribution in [2.45, 2.75) is 63.3 Å². The van der Waals surface area contributed by atoms with Crippen molar-refractivity contribution in [2.24, 2.45) is 15.9 Å². The van der Waals surface area contributed by atoms with Crippen molar-refractivity contribution >= 4 is 29.2 Å². The average Bonchev–Trinajstić information content (AvgIpc) is 3.48. The first kappa shape index (κ1) is 23.5. The molecular weight excluding hydrogens is 483 g/mol. The minimum absolute atomic E-state index is 0.0633. The van der Waals surface area contributed by atoms with Crippen LogP contribution in [-0.2, 0) is 23.2 Å². The number of nitrogens with one attached hydrogen (secondary N) is 1. The van der Waals surface area contributed by atoms with Gasteiger partial charge in [-0.1, -0.05) is 30.3 Å². The van der Waals surface area contributed by atoms with E-state index in [1.807, 2.05) is 12.1 Å². The van der Waals surface area contributed by atoms with E-state index in [0.29, 0.717) is 22.7 Å². The number of aliphatic imine (C=N–C) groups is 2. The summed E-state index contributed by atoms with van der Waals surface area (Å²) in [5.74, 6) is -3.57. The third-order valence-corrected chi connectivity index (χ3v) is 9.38. The molecule has 6 rings (SSSR count). The molecule has 2 heterocycles. The second kappa shape index (κ2) is 8.33. The fourth-order valence-corrected chi connectivity index (χ4v) is 7.09. The van der Waals surface area contributed by atoms with Gasteiger partial charge in [-0.2, -0.15) is 0 Å². The molecule has 4 aliphatic rings. The average molecular weight is 510 g/mol. The number of carbonyl (C=O) groups excluding carboxylic acids is 1. The number of fused-ring (bicyclic) bond motifs is 4. The van der Waals surface area contributed by atoms with Crippen molar-refractivity contribution < 1.29 is 18.0 Å². The van der Waals surface area contributed by atoms with Gasteiger partial charge in [0.15, 0.2) is 23.3 Å². The number of aryl methyl sites for hydroxylation is 1. The summed E-state index contributed by atoms with van der Waals surface area (Å²) in [5.41, 5.74) is 2.57. The summed E-state index contributed by atoms with van der Waals surface area (Å²) >= 11 is 1.77. The third-order valence-electron chi connectivity index (χ3n) is 7.95. The number of benzene rings is 2. The van der Waals surface area contributed by atoms with Gasteiger partial charge >= 0.3 is 0 Å². The van der Waals surface area contributed by atoms with E-state index in [4.69, 9.17) is 9.98 Å². The summed E-state index contributed by atoms with van der Waals surface area (Å²) in [7, 11) is 0. The molecule has 0 saturated heterocycles. The molecule has 4 atom stereocenters. The highest BCUT2D eigenvalue weighted by molar-refractivity contribution is 8.05. The van der Waals surface area contributed by atoms with E-state index < -0.39 is 28.9 Å². The van der Waals surface area contributed by atoms with E-state index in [1.54, 1.807) is 11.8 Å². The van der Waals surface area contributed by atoms with Crippen LogP contribution in [-0.4, -0.2) is 28.7 Å². The van der Waals surface area contributed by atoms with Crippen LogP contribution in [0.3, 0.4) is 0 Å². The Kier molecular flexibility index (Phi) is 5.44. The summed E-state index contributed by atoms with van der Waals surface area (Å²) in [6.45, 7) is 4.82. The molecule has 1 N–H and O–H groups in total. The maximum Gasteiger partial charge on any atom is 0.230 e. The molecular formula is C28H26F3N3OS. The first-order chi connectivity index (χ1) is 17.2. The van der Waals surface area contributed by atoms with Crippen molar-refractivity contribution in [2.75, 3.05) is 0 Å². The number of carbonyl (C=O) groups is 1. The highest BCUT2D eigenvalue weighted by Gasteiger charge is 2.48. The molecule has 0 bridgehead atoms. The van der Waals surface area contributed by atoms with E-state index >= 15 is 0 Å². The second-order valence-corrected chi connectivity index (χ2v) is 11.6. The number of amidine groups is 1. The Morgan fingerprint density at radius 1 is 1.14 bits per heavy atom. The molecule has 0 radical (unpaired) electrons. The molecule has 2 aromatic carbocycles. The van der Waals surface area contributed by atoms with Gasteiger partial charge in [0.05, 0.1) is 12.5 Å². The smallest absolute Gasteiger partial charge is 0.230 e. The molecule has 0 spiro atoms.